The molecule has 0 fully saturated rings. The number of halogens is 1. The van der Waals surface area contributed by atoms with E-state index in [2.05, 4.69) is 37.9 Å². The molecule has 1 heterocycles. The van der Waals surface area contributed by atoms with Crippen LogP contribution in [0.3, 0.4) is 0 Å². The third-order valence-electron chi connectivity index (χ3n) is 3.52. The molecule has 0 aliphatic carbocycles. The number of carbonyl (C=O) groups excluding carboxylic acids is 1. The van der Waals surface area contributed by atoms with Crippen molar-refractivity contribution in [1.82, 2.24) is 0 Å². The number of fused-ring (bicyclic) bond motifs is 1. The van der Waals surface area contributed by atoms with E-state index in [4.69, 9.17) is 0 Å². The number of rotatable bonds is 3. The molecule has 0 radical (unpaired) electrons. The summed E-state index contributed by atoms with van der Waals surface area (Å²) < 4.78 is 0.986. The van der Waals surface area contributed by atoms with Crippen LogP contribution in [0.2, 0.25) is 0 Å². The quantitative estimate of drug-likeness (QED) is 0.804. The molecule has 2 aromatic carbocycles. The lowest BCUT2D eigenvalue weighted by molar-refractivity contribution is 0.0999. The summed E-state index contributed by atoms with van der Waals surface area (Å²) in [6.45, 7) is 1.16. The number of para-hydroxylation sites is 2. The smallest absolute Gasteiger partial charge is 0.182 e. The highest BCUT2D eigenvalue weighted by Crippen LogP contribution is 2.34. The molecule has 2 aromatic rings. The fourth-order valence-corrected chi connectivity index (χ4v) is 2.76. The minimum atomic E-state index is 0.141. The summed E-state index contributed by atoms with van der Waals surface area (Å²) in [6.07, 6.45) is 0. The number of anilines is 2. The van der Waals surface area contributed by atoms with Crippen LogP contribution in [-0.2, 0) is 0 Å². The standard InChI is InChI=1S/C16H15BrN2O/c1-18-11-19(15-5-3-2-4-14(15)18)10-16(20)12-6-8-13(17)9-7-12/h2-9H,10-11H2,1H3. The predicted molar refractivity (Wildman–Crippen MR) is 85.5 cm³/mol. The van der Waals surface area contributed by atoms with Gasteiger partial charge in [-0.15, -0.1) is 0 Å². The van der Waals surface area contributed by atoms with Crippen molar-refractivity contribution >= 4 is 33.1 Å². The zero-order valence-corrected chi connectivity index (χ0v) is 12.8. The van der Waals surface area contributed by atoms with Gasteiger partial charge in [0.15, 0.2) is 5.78 Å². The molecule has 0 amide bonds. The zero-order chi connectivity index (χ0) is 14.1. The Balaban J connectivity index is 1.79. The van der Waals surface area contributed by atoms with Crippen LogP contribution >= 0.6 is 15.9 Å². The molecule has 3 nitrogen and oxygen atoms in total. The van der Waals surface area contributed by atoms with Crippen molar-refractivity contribution in [3.63, 3.8) is 0 Å². The number of benzene rings is 2. The van der Waals surface area contributed by atoms with Crippen LogP contribution in [0.15, 0.2) is 53.0 Å². The van der Waals surface area contributed by atoms with Gasteiger partial charge in [0.2, 0.25) is 0 Å². The lowest BCUT2D eigenvalue weighted by Gasteiger charge is -2.18. The second kappa shape index (κ2) is 5.29. The van der Waals surface area contributed by atoms with Gasteiger partial charge in [-0.1, -0.05) is 40.2 Å². The maximum atomic E-state index is 12.4. The van der Waals surface area contributed by atoms with Gasteiger partial charge in [-0.3, -0.25) is 4.79 Å². The molecule has 1 aliphatic rings. The zero-order valence-electron chi connectivity index (χ0n) is 11.2. The summed E-state index contributed by atoms with van der Waals surface area (Å²) in [5.74, 6) is 0.141. The molecule has 0 bridgehead atoms. The molecule has 102 valence electrons. The average molecular weight is 331 g/mol. The summed E-state index contributed by atoms with van der Waals surface area (Å²) in [4.78, 5) is 16.6. The van der Waals surface area contributed by atoms with Crippen molar-refractivity contribution in [3.05, 3.63) is 58.6 Å². The van der Waals surface area contributed by atoms with Gasteiger partial charge in [-0.25, -0.2) is 0 Å². The molecule has 0 aromatic heterocycles. The van der Waals surface area contributed by atoms with E-state index in [-0.39, 0.29) is 5.78 Å². The Hall–Kier alpha value is -1.81. The summed E-state index contributed by atoms with van der Waals surface area (Å²) in [7, 11) is 2.04. The second-order valence-electron chi connectivity index (χ2n) is 4.96. The van der Waals surface area contributed by atoms with Crippen LogP contribution in [-0.4, -0.2) is 26.0 Å². The fourth-order valence-electron chi connectivity index (χ4n) is 2.50. The van der Waals surface area contributed by atoms with E-state index in [1.807, 2.05) is 43.4 Å². The molecule has 0 saturated heterocycles. The SMILES string of the molecule is CN1CN(CC(=O)c2ccc(Br)cc2)c2ccccc21. The van der Waals surface area contributed by atoms with E-state index < -0.39 is 0 Å². The van der Waals surface area contributed by atoms with Crippen LogP contribution in [0.4, 0.5) is 11.4 Å². The molecule has 0 unspecified atom stereocenters. The summed E-state index contributed by atoms with van der Waals surface area (Å²) >= 11 is 3.38. The van der Waals surface area contributed by atoms with Crippen LogP contribution in [0, 0.1) is 0 Å². The van der Waals surface area contributed by atoms with E-state index in [0.29, 0.717) is 6.54 Å². The third-order valence-corrected chi connectivity index (χ3v) is 4.05. The molecular weight excluding hydrogens is 316 g/mol. The highest BCUT2D eigenvalue weighted by atomic mass is 79.9. The minimum absolute atomic E-state index is 0.141. The first-order valence-corrected chi connectivity index (χ1v) is 7.28. The van der Waals surface area contributed by atoms with E-state index in [1.165, 1.54) is 5.69 Å². The first-order chi connectivity index (χ1) is 9.65. The molecule has 0 saturated carbocycles. The lowest BCUT2D eigenvalue weighted by atomic mass is 10.1. The first-order valence-electron chi connectivity index (χ1n) is 6.49. The number of ketones is 1. The van der Waals surface area contributed by atoms with Gasteiger partial charge in [0.1, 0.15) is 0 Å². The summed E-state index contributed by atoms with van der Waals surface area (Å²) in [5, 5.41) is 0. The number of hydrogen-bond donors (Lipinski definition) is 0. The van der Waals surface area contributed by atoms with Crippen molar-refractivity contribution in [2.24, 2.45) is 0 Å². The molecule has 1 aliphatic heterocycles. The second-order valence-corrected chi connectivity index (χ2v) is 5.87. The number of nitrogens with zero attached hydrogens (tertiary/aromatic N) is 2. The van der Waals surface area contributed by atoms with Gasteiger partial charge < -0.3 is 9.80 Å². The van der Waals surface area contributed by atoms with Gasteiger partial charge in [0.05, 0.1) is 24.6 Å². The largest absolute Gasteiger partial charge is 0.355 e. The van der Waals surface area contributed by atoms with E-state index in [9.17, 15) is 4.79 Å². The van der Waals surface area contributed by atoms with Crippen molar-refractivity contribution in [2.45, 2.75) is 0 Å². The van der Waals surface area contributed by atoms with Crippen molar-refractivity contribution < 1.29 is 4.79 Å². The molecule has 0 atom stereocenters. The van der Waals surface area contributed by atoms with Gasteiger partial charge in [-0.2, -0.15) is 0 Å². The van der Waals surface area contributed by atoms with Gasteiger partial charge >= 0.3 is 0 Å². The Bertz CT molecular complexity index is 639. The Morgan fingerprint density at radius 1 is 1.10 bits per heavy atom. The molecule has 0 spiro atoms. The average Bonchev–Trinajstić information content (AvgIpc) is 2.77. The lowest BCUT2D eigenvalue weighted by Crippen LogP contribution is -2.32. The van der Waals surface area contributed by atoms with Crippen LogP contribution in [0.5, 0.6) is 0 Å². The number of carbonyl (C=O) groups is 1. The minimum Gasteiger partial charge on any atom is -0.355 e. The highest BCUT2D eigenvalue weighted by Gasteiger charge is 2.24. The molecular formula is C16H15BrN2O. The molecule has 20 heavy (non-hydrogen) atoms. The van der Waals surface area contributed by atoms with Crippen LogP contribution in [0.1, 0.15) is 10.4 Å². The van der Waals surface area contributed by atoms with E-state index >= 15 is 0 Å². The normalized spacial score (nSPS) is 13.5. The van der Waals surface area contributed by atoms with Crippen LogP contribution < -0.4 is 9.80 Å². The topological polar surface area (TPSA) is 23.6 Å². The van der Waals surface area contributed by atoms with E-state index in [0.717, 1.165) is 22.4 Å². The number of Topliss-reactive ketones (excluding diaryl/α,β-unsaturated/α-hetero) is 1. The Labute approximate surface area is 126 Å². The maximum Gasteiger partial charge on any atom is 0.182 e. The van der Waals surface area contributed by atoms with Crippen molar-refractivity contribution in [3.8, 4) is 0 Å². The summed E-state index contributed by atoms with van der Waals surface area (Å²) in [6, 6.07) is 15.7. The van der Waals surface area contributed by atoms with Crippen LogP contribution in [0.25, 0.3) is 0 Å². The molecule has 3 rings (SSSR count). The molecule has 0 N–H and O–H groups in total. The Morgan fingerprint density at radius 3 is 2.45 bits per heavy atom. The maximum absolute atomic E-state index is 12.4. The number of hydrogen-bond acceptors (Lipinski definition) is 3. The molecule has 4 heteroatoms. The first kappa shape index (κ1) is 13.2. The third kappa shape index (κ3) is 2.43. The predicted octanol–water partition coefficient (Wildman–Crippen LogP) is 3.55. The van der Waals surface area contributed by atoms with Crippen molar-refractivity contribution in [1.29, 1.82) is 0 Å². The van der Waals surface area contributed by atoms with E-state index in [1.54, 1.807) is 0 Å². The Kier molecular flexibility index (Phi) is 3.49. The Morgan fingerprint density at radius 2 is 1.75 bits per heavy atom. The van der Waals surface area contributed by atoms with Crippen molar-refractivity contribution in [2.75, 3.05) is 30.1 Å². The monoisotopic (exact) mass is 330 g/mol. The van der Waals surface area contributed by atoms with Gasteiger partial charge in [0.25, 0.3) is 0 Å². The van der Waals surface area contributed by atoms with Gasteiger partial charge in [0, 0.05) is 17.1 Å². The van der Waals surface area contributed by atoms with Gasteiger partial charge in [-0.05, 0) is 24.3 Å². The fraction of sp³-hybridized carbons (Fsp3) is 0.188. The highest BCUT2D eigenvalue weighted by molar-refractivity contribution is 9.10. The summed E-state index contributed by atoms with van der Waals surface area (Å²) in [5.41, 5.74) is 3.05.